The highest BCUT2D eigenvalue weighted by Gasteiger charge is 2.38. The number of nitrogens with one attached hydrogen (secondary N) is 3. The summed E-state index contributed by atoms with van der Waals surface area (Å²) < 4.78 is 5.73. The van der Waals surface area contributed by atoms with Crippen molar-refractivity contribution in [2.75, 3.05) is 48.8 Å². The molecule has 0 saturated carbocycles. The molecule has 0 bridgehead atoms. The van der Waals surface area contributed by atoms with Crippen LogP contribution in [0.5, 0.6) is 0 Å². The van der Waals surface area contributed by atoms with Crippen molar-refractivity contribution in [3.8, 4) is 0 Å². The number of carbonyl (C=O) groups is 3. The summed E-state index contributed by atoms with van der Waals surface area (Å²) >= 11 is 1.77. The van der Waals surface area contributed by atoms with E-state index in [4.69, 9.17) is 9.72 Å². The van der Waals surface area contributed by atoms with Gasteiger partial charge in [-0.05, 0) is 63.7 Å². The zero-order valence-electron chi connectivity index (χ0n) is 29.0. The largest absolute Gasteiger partial charge is 0.444 e. The lowest BCUT2D eigenvalue weighted by Crippen LogP contribution is -2.60. The second-order valence-electron chi connectivity index (χ2n) is 14.3. The van der Waals surface area contributed by atoms with Crippen LogP contribution in [-0.2, 0) is 10.2 Å². The lowest BCUT2D eigenvalue weighted by Gasteiger charge is -2.43. The number of amides is 4. The normalized spacial score (nSPS) is 17.0. The van der Waals surface area contributed by atoms with E-state index >= 15 is 0 Å². The van der Waals surface area contributed by atoms with Crippen molar-refractivity contribution < 1.29 is 19.1 Å². The molecule has 2 heterocycles. The van der Waals surface area contributed by atoms with Crippen molar-refractivity contribution in [2.24, 2.45) is 5.92 Å². The molecule has 1 aliphatic rings. The van der Waals surface area contributed by atoms with Gasteiger partial charge in [-0.15, -0.1) is 0 Å². The van der Waals surface area contributed by atoms with Crippen LogP contribution in [0.15, 0.2) is 36.5 Å². The van der Waals surface area contributed by atoms with Gasteiger partial charge >= 0.3 is 12.1 Å². The molecule has 3 rings (SSSR count). The van der Waals surface area contributed by atoms with Gasteiger partial charge < -0.3 is 30.5 Å². The highest BCUT2D eigenvalue weighted by atomic mass is 32.2. The number of rotatable bonds is 11. The number of anilines is 2. The SMILES string of the molecule is CSCCCNc1nc(C(C)(C)C)ncc1C(=O)N(CC(C)C)[C@H]1C[C@@H](NC(=O)Nc2ccccc2)CN(C(=O)OC(C)(C)C)C1. The Hall–Kier alpha value is -3.54. The minimum atomic E-state index is -0.700. The molecule has 0 unspecified atom stereocenters. The van der Waals surface area contributed by atoms with Crippen LogP contribution in [0.25, 0.3) is 0 Å². The number of urea groups is 1. The van der Waals surface area contributed by atoms with Crippen molar-refractivity contribution in [3.63, 3.8) is 0 Å². The number of likely N-dealkylation sites (tertiary alicyclic amines) is 1. The molecule has 1 saturated heterocycles. The second-order valence-corrected chi connectivity index (χ2v) is 15.3. The van der Waals surface area contributed by atoms with E-state index in [0.29, 0.717) is 42.4 Å². The van der Waals surface area contributed by atoms with Gasteiger partial charge in [0, 0.05) is 43.5 Å². The summed E-state index contributed by atoms with van der Waals surface area (Å²) in [5.41, 5.74) is 0.0437. The van der Waals surface area contributed by atoms with Crippen LogP contribution in [0.4, 0.5) is 21.1 Å². The zero-order valence-corrected chi connectivity index (χ0v) is 29.8. The number of nitrogens with zero attached hydrogens (tertiary/aromatic N) is 4. The van der Waals surface area contributed by atoms with Crippen LogP contribution in [0, 0.1) is 5.92 Å². The standard InChI is InChI=1S/C34H53N7O4S/c1-23(2)20-41(29(42)27-19-36-30(33(3,4)5)39-28(27)35-16-13-17-46-9)26-18-25(21-40(22-26)32(44)45-34(6,7)8)38-31(43)37-24-14-11-10-12-15-24/h10-12,14-15,19,23,25-26H,13,16-18,20-22H2,1-9H3,(H,35,36,39)(H2,37,38,43)/t25-,26+/m1/s1. The lowest BCUT2D eigenvalue weighted by atomic mass is 9.95. The van der Waals surface area contributed by atoms with Crippen LogP contribution in [0.2, 0.25) is 0 Å². The van der Waals surface area contributed by atoms with Gasteiger partial charge in [0.1, 0.15) is 22.8 Å². The first-order chi connectivity index (χ1) is 21.6. The van der Waals surface area contributed by atoms with E-state index in [-0.39, 0.29) is 36.4 Å². The van der Waals surface area contributed by atoms with E-state index in [1.807, 2.05) is 64.6 Å². The average molecular weight is 656 g/mol. The summed E-state index contributed by atoms with van der Waals surface area (Å²) in [5, 5.41) is 9.29. The van der Waals surface area contributed by atoms with Crippen molar-refractivity contribution in [1.29, 1.82) is 0 Å². The van der Waals surface area contributed by atoms with Crippen molar-refractivity contribution in [3.05, 3.63) is 47.9 Å². The number of piperidine rings is 1. The number of hydrogen-bond donors (Lipinski definition) is 3. The molecule has 254 valence electrons. The molecule has 4 amide bonds. The third-order valence-corrected chi connectivity index (χ3v) is 7.92. The van der Waals surface area contributed by atoms with Crippen LogP contribution < -0.4 is 16.0 Å². The number of para-hydroxylation sites is 1. The Morgan fingerprint density at radius 3 is 2.39 bits per heavy atom. The fourth-order valence-electron chi connectivity index (χ4n) is 5.16. The molecule has 46 heavy (non-hydrogen) atoms. The monoisotopic (exact) mass is 655 g/mol. The molecule has 1 aliphatic heterocycles. The van der Waals surface area contributed by atoms with Gasteiger partial charge in [0.25, 0.3) is 5.91 Å². The number of benzene rings is 1. The fraction of sp³-hybridized carbons (Fsp3) is 0.618. The van der Waals surface area contributed by atoms with Crippen molar-refractivity contribution >= 4 is 41.3 Å². The minimum Gasteiger partial charge on any atom is -0.444 e. The van der Waals surface area contributed by atoms with Crippen LogP contribution in [-0.4, -0.2) is 93.7 Å². The molecule has 1 fully saturated rings. The topological polar surface area (TPSA) is 129 Å². The van der Waals surface area contributed by atoms with Gasteiger partial charge in [0.05, 0.1) is 12.1 Å². The molecular formula is C34H53N7O4S. The van der Waals surface area contributed by atoms with Gasteiger partial charge in [-0.25, -0.2) is 19.6 Å². The first kappa shape index (κ1) is 36.9. The second kappa shape index (κ2) is 16.3. The van der Waals surface area contributed by atoms with Crippen LogP contribution in [0.1, 0.15) is 84.4 Å². The van der Waals surface area contributed by atoms with Crippen LogP contribution in [0.3, 0.4) is 0 Å². The summed E-state index contributed by atoms with van der Waals surface area (Å²) in [4.78, 5) is 53.7. The Morgan fingerprint density at radius 2 is 1.78 bits per heavy atom. The highest BCUT2D eigenvalue weighted by molar-refractivity contribution is 7.98. The van der Waals surface area contributed by atoms with Crippen molar-refractivity contribution in [1.82, 2.24) is 25.1 Å². The van der Waals surface area contributed by atoms with Gasteiger partial charge in [0.15, 0.2) is 0 Å². The molecule has 0 aliphatic carbocycles. The number of carbonyl (C=O) groups excluding carboxylic acids is 3. The first-order valence-corrected chi connectivity index (χ1v) is 17.5. The Kier molecular flexibility index (Phi) is 13.1. The van der Waals surface area contributed by atoms with Gasteiger partial charge in [0.2, 0.25) is 0 Å². The number of aromatic nitrogens is 2. The van der Waals surface area contributed by atoms with E-state index in [1.54, 1.807) is 35.0 Å². The molecule has 11 nitrogen and oxygen atoms in total. The van der Waals surface area contributed by atoms with Gasteiger partial charge in [-0.3, -0.25) is 4.79 Å². The Labute approximate surface area is 279 Å². The molecule has 3 N–H and O–H groups in total. The predicted molar refractivity (Wildman–Crippen MR) is 187 cm³/mol. The fourth-order valence-corrected chi connectivity index (χ4v) is 5.59. The smallest absolute Gasteiger partial charge is 0.410 e. The van der Waals surface area contributed by atoms with Crippen LogP contribution >= 0.6 is 11.8 Å². The Balaban J connectivity index is 1.95. The number of hydrogen-bond acceptors (Lipinski definition) is 8. The molecule has 1 aromatic carbocycles. The molecular weight excluding hydrogens is 602 g/mol. The molecule has 0 radical (unpaired) electrons. The minimum absolute atomic E-state index is 0.140. The third kappa shape index (κ3) is 11.4. The Bertz CT molecular complexity index is 1310. The van der Waals surface area contributed by atoms with Gasteiger partial charge in [-0.2, -0.15) is 11.8 Å². The quantitative estimate of drug-likeness (QED) is 0.243. The van der Waals surface area contributed by atoms with E-state index in [2.05, 4.69) is 41.0 Å². The first-order valence-electron chi connectivity index (χ1n) is 16.1. The summed E-state index contributed by atoms with van der Waals surface area (Å²) in [6.45, 7) is 17.3. The van der Waals surface area contributed by atoms with Crippen molar-refractivity contribution in [2.45, 2.75) is 91.3 Å². The zero-order chi connectivity index (χ0) is 34.1. The highest BCUT2D eigenvalue weighted by Crippen LogP contribution is 2.26. The Morgan fingerprint density at radius 1 is 1.09 bits per heavy atom. The summed E-state index contributed by atoms with van der Waals surface area (Å²) in [7, 11) is 0. The molecule has 0 spiro atoms. The summed E-state index contributed by atoms with van der Waals surface area (Å²) in [6, 6.07) is 7.96. The maximum Gasteiger partial charge on any atom is 0.410 e. The molecule has 2 aromatic rings. The average Bonchev–Trinajstić information content (AvgIpc) is 2.96. The maximum atomic E-state index is 14.5. The van der Waals surface area contributed by atoms with E-state index in [0.717, 1.165) is 12.2 Å². The molecule has 2 atom stereocenters. The third-order valence-electron chi connectivity index (χ3n) is 7.22. The van der Waals surface area contributed by atoms with E-state index in [9.17, 15) is 14.4 Å². The predicted octanol–water partition coefficient (Wildman–Crippen LogP) is 6.24. The van der Waals surface area contributed by atoms with E-state index in [1.165, 1.54) is 0 Å². The molecule has 12 heteroatoms. The van der Waals surface area contributed by atoms with Gasteiger partial charge in [-0.1, -0.05) is 52.8 Å². The molecule has 1 aromatic heterocycles. The summed E-state index contributed by atoms with van der Waals surface area (Å²) in [5.74, 6) is 2.07. The summed E-state index contributed by atoms with van der Waals surface area (Å²) in [6.07, 6.45) is 4.58. The lowest BCUT2D eigenvalue weighted by molar-refractivity contribution is 0.00546. The number of thioether (sulfide) groups is 1. The maximum absolute atomic E-state index is 14.5. The number of ether oxygens (including phenoxy) is 1. The van der Waals surface area contributed by atoms with E-state index < -0.39 is 23.8 Å².